The highest BCUT2D eigenvalue weighted by Gasteiger charge is 2.09. The molecule has 134 valence electrons. The molecule has 1 N–H and O–H groups in total. The summed E-state index contributed by atoms with van der Waals surface area (Å²) in [5.41, 5.74) is 5.09. The van der Waals surface area contributed by atoms with Gasteiger partial charge in [0.1, 0.15) is 5.82 Å². The highest BCUT2D eigenvalue weighted by Crippen LogP contribution is 2.26. The van der Waals surface area contributed by atoms with Crippen LogP contribution in [0.15, 0.2) is 85.1 Å². The van der Waals surface area contributed by atoms with Gasteiger partial charge in [0.25, 0.3) is 0 Å². The van der Waals surface area contributed by atoms with Crippen molar-refractivity contribution in [3.8, 4) is 22.4 Å². The van der Waals surface area contributed by atoms with Crippen molar-refractivity contribution in [1.82, 2.24) is 9.55 Å². The van der Waals surface area contributed by atoms with Crippen LogP contribution in [0.25, 0.3) is 22.4 Å². The van der Waals surface area contributed by atoms with E-state index in [1.807, 2.05) is 42.1 Å². The first-order valence-electron chi connectivity index (χ1n) is 8.87. The number of rotatable bonds is 5. The van der Waals surface area contributed by atoms with Crippen LogP contribution in [-0.2, 0) is 13.6 Å². The van der Waals surface area contributed by atoms with E-state index >= 15 is 0 Å². The molecule has 0 saturated heterocycles. The summed E-state index contributed by atoms with van der Waals surface area (Å²) in [6.45, 7) is 0.393. The Hall–Kier alpha value is -3.40. The average molecular weight is 357 g/mol. The van der Waals surface area contributed by atoms with Crippen molar-refractivity contribution in [2.45, 2.75) is 6.54 Å². The van der Waals surface area contributed by atoms with Gasteiger partial charge in [0.2, 0.25) is 5.95 Å². The number of imidazole rings is 1. The number of nitrogens with one attached hydrogen (secondary N) is 1. The molecule has 3 nitrogen and oxygen atoms in total. The Morgan fingerprint density at radius 2 is 1.44 bits per heavy atom. The van der Waals surface area contributed by atoms with Crippen LogP contribution in [0.4, 0.5) is 10.3 Å². The third-order valence-corrected chi connectivity index (χ3v) is 4.67. The zero-order valence-electron chi connectivity index (χ0n) is 15.1. The monoisotopic (exact) mass is 357 g/mol. The Bertz CT molecular complexity index is 1040. The van der Waals surface area contributed by atoms with E-state index in [1.54, 1.807) is 12.1 Å². The first-order chi connectivity index (χ1) is 13.2. The summed E-state index contributed by atoms with van der Waals surface area (Å²) >= 11 is 0. The van der Waals surface area contributed by atoms with E-state index in [0.29, 0.717) is 18.1 Å². The molecule has 0 atom stereocenters. The van der Waals surface area contributed by atoms with Gasteiger partial charge in [0.05, 0.1) is 11.9 Å². The molecule has 0 radical (unpaired) electrons. The maximum Gasteiger partial charge on any atom is 0.203 e. The van der Waals surface area contributed by atoms with Crippen LogP contribution in [0, 0.1) is 5.82 Å². The lowest BCUT2D eigenvalue weighted by Gasteiger charge is -2.09. The summed E-state index contributed by atoms with van der Waals surface area (Å²) in [7, 11) is 1.96. The molecule has 0 aliphatic carbocycles. The summed E-state index contributed by atoms with van der Waals surface area (Å²) < 4.78 is 15.8. The Balaban J connectivity index is 1.53. The molecule has 4 rings (SSSR count). The molecule has 0 unspecified atom stereocenters. The number of nitrogens with zero attached hydrogens (tertiary/aromatic N) is 2. The van der Waals surface area contributed by atoms with Crippen molar-refractivity contribution < 1.29 is 4.39 Å². The van der Waals surface area contributed by atoms with E-state index < -0.39 is 0 Å². The van der Waals surface area contributed by atoms with Crippen molar-refractivity contribution in [2.24, 2.45) is 7.05 Å². The number of halogens is 1. The Morgan fingerprint density at radius 3 is 2.19 bits per heavy atom. The van der Waals surface area contributed by atoms with E-state index in [0.717, 1.165) is 11.3 Å². The highest BCUT2D eigenvalue weighted by atomic mass is 19.1. The van der Waals surface area contributed by atoms with E-state index in [1.165, 1.54) is 17.2 Å². The van der Waals surface area contributed by atoms with Crippen LogP contribution < -0.4 is 5.32 Å². The lowest BCUT2D eigenvalue weighted by Crippen LogP contribution is -2.06. The maximum absolute atomic E-state index is 13.8. The molecule has 0 aliphatic rings. The third-order valence-electron chi connectivity index (χ3n) is 4.67. The number of benzene rings is 3. The second kappa shape index (κ2) is 7.46. The zero-order valence-corrected chi connectivity index (χ0v) is 15.1. The average Bonchev–Trinajstić information content (AvgIpc) is 3.09. The van der Waals surface area contributed by atoms with E-state index in [4.69, 9.17) is 0 Å². The van der Waals surface area contributed by atoms with Gasteiger partial charge in [-0.15, -0.1) is 0 Å². The van der Waals surface area contributed by atoms with Gasteiger partial charge in [-0.25, -0.2) is 9.37 Å². The summed E-state index contributed by atoms with van der Waals surface area (Å²) in [6, 6.07) is 25.5. The standard InChI is InChI=1S/C23H20FN3/c1-27-22(16-26-23(27)25-15-20-9-5-6-10-21(20)24)19-13-11-18(12-14-19)17-7-3-2-4-8-17/h2-14,16H,15H2,1H3,(H,25,26). The molecule has 0 aliphatic heterocycles. The molecule has 1 aromatic heterocycles. The molecular weight excluding hydrogens is 337 g/mol. The van der Waals surface area contributed by atoms with Gasteiger partial charge in [0, 0.05) is 19.2 Å². The van der Waals surface area contributed by atoms with Crippen LogP contribution in [0.1, 0.15) is 5.56 Å². The van der Waals surface area contributed by atoms with Gasteiger partial charge in [-0.2, -0.15) is 0 Å². The van der Waals surface area contributed by atoms with Crippen molar-refractivity contribution in [3.05, 3.63) is 96.4 Å². The smallest absolute Gasteiger partial charge is 0.203 e. The molecule has 1 heterocycles. The number of hydrogen-bond acceptors (Lipinski definition) is 2. The largest absolute Gasteiger partial charge is 0.351 e. The predicted octanol–water partition coefficient (Wildman–Crippen LogP) is 5.51. The van der Waals surface area contributed by atoms with Gasteiger partial charge in [-0.3, -0.25) is 0 Å². The van der Waals surface area contributed by atoms with Crippen molar-refractivity contribution in [3.63, 3.8) is 0 Å². The molecule has 0 spiro atoms. The van der Waals surface area contributed by atoms with Crippen molar-refractivity contribution >= 4 is 5.95 Å². The molecule has 0 saturated carbocycles. The normalized spacial score (nSPS) is 10.7. The number of anilines is 1. The Labute approximate surface area is 158 Å². The maximum atomic E-state index is 13.8. The first-order valence-corrected chi connectivity index (χ1v) is 8.87. The summed E-state index contributed by atoms with van der Waals surface area (Å²) in [4.78, 5) is 4.45. The summed E-state index contributed by atoms with van der Waals surface area (Å²) in [5, 5.41) is 3.21. The van der Waals surface area contributed by atoms with Gasteiger partial charge in [-0.05, 0) is 22.8 Å². The second-order valence-electron chi connectivity index (χ2n) is 6.41. The quantitative estimate of drug-likeness (QED) is 0.511. The second-order valence-corrected chi connectivity index (χ2v) is 6.41. The van der Waals surface area contributed by atoms with E-state index in [9.17, 15) is 4.39 Å². The minimum absolute atomic E-state index is 0.212. The fraction of sp³-hybridized carbons (Fsp3) is 0.0870. The summed E-state index contributed by atoms with van der Waals surface area (Å²) in [5.74, 6) is 0.497. The van der Waals surface area contributed by atoms with Crippen LogP contribution >= 0.6 is 0 Å². The topological polar surface area (TPSA) is 29.9 Å². The first kappa shape index (κ1) is 17.0. The fourth-order valence-electron chi connectivity index (χ4n) is 3.12. The van der Waals surface area contributed by atoms with Crippen LogP contribution in [0.5, 0.6) is 0 Å². The fourth-order valence-corrected chi connectivity index (χ4v) is 3.12. The van der Waals surface area contributed by atoms with E-state index in [2.05, 4.69) is 46.7 Å². The van der Waals surface area contributed by atoms with Crippen LogP contribution in [0.3, 0.4) is 0 Å². The van der Waals surface area contributed by atoms with Crippen LogP contribution in [0.2, 0.25) is 0 Å². The molecule has 0 fully saturated rings. The lowest BCUT2D eigenvalue weighted by molar-refractivity contribution is 0.612. The molecule has 3 aromatic carbocycles. The Kier molecular flexibility index (Phi) is 4.71. The minimum Gasteiger partial charge on any atom is -0.351 e. The molecule has 0 amide bonds. The third kappa shape index (κ3) is 3.60. The lowest BCUT2D eigenvalue weighted by atomic mass is 10.0. The highest BCUT2D eigenvalue weighted by molar-refractivity contribution is 5.69. The molecule has 0 bridgehead atoms. The molecular formula is C23H20FN3. The SMILES string of the molecule is Cn1c(-c2ccc(-c3ccccc3)cc2)cnc1NCc1ccccc1F. The predicted molar refractivity (Wildman–Crippen MR) is 108 cm³/mol. The van der Waals surface area contributed by atoms with Gasteiger partial charge in [0.15, 0.2) is 0 Å². The summed E-state index contributed by atoms with van der Waals surface area (Å²) in [6.07, 6.45) is 1.83. The van der Waals surface area contributed by atoms with Gasteiger partial charge in [-0.1, -0.05) is 72.8 Å². The molecule has 27 heavy (non-hydrogen) atoms. The number of aromatic nitrogens is 2. The minimum atomic E-state index is -0.212. The van der Waals surface area contributed by atoms with Gasteiger partial charge < -0.3 is 9.88 Å². The van der Waals surface area contributed by atoms with Crippen molar-refractivity contribution in [2.75, 3.05) is 5.32 Å². The van der Waals surface area contributed by atoms with Crippen molar-refractivity contribution in [1.29, 1.82) is 0 Å². The number of hydrogen-bond donors (Lipinski definition) is 1. The zero-order chi connectivity index (χ0) is 18.6. The molecule has 4 aromatic rings. The molecule has 4 heteroatoms. The van der Waals surface area contributed by atoms with Gasteiger partial charge >= 0.3 is 0 Å². The Morgan fingerprint density at radius 1 is 0.815 bits per heavy atom. The van der Waals surface area contributed by atoms with E-state index in [-0.39, 0.29) is 5.82 Å². The van der Waals surface area contributed by atoms with Crippen LogP contribution in [-0.4, -0.2) is 9.55 Å².